The van der Waals surface area contributed by atoms with Crippen molar-refractivity contribution in [2.75, 3.05) is 20.3 Å². The minimum atomic E-state index is -0.385. The number of methoxy groups -OCH3 is 1. The van der Waals surface area contributed by atoms with Crippen LogP contribution < -0.4 is 14.2 Å². The summed E-state index contributed by atoms with van der Waals surface area (Å²) in [6.45, 7) is 0.239. The van der Waals surface area contributed by atoms with Crippen LogP contribution in [0.25, 0.3) is 6.08 Å². The summed E-state index contributed by atoms with van der Waals surface area (Å²) >= 11 is 6.98. The molecule has 5 fully saturated rings. The highest BCUT2D eigenvalue weighted by atomic mass is 35.5. The molecule has 5 aliphatic rings. The number of ether oxygens (including phenoxy) is 3. The van der Waals surface area contributed by atoms with Crippen molar-refractivity contribution in [2.24, 2.45) is 23.2 Å². The zero-order valence-corrected chi connectivity index (χ0v) is 23.3. The van der Waals surface area contributed by atoms with E-state index in [0.717, 1.165) is 35.9 Å². The molecule has 4 aliphatic carbocycles. The minimum absolute atomic E-state index is 0.107. The molecule has 4 bridgehead atoms. The first-order chi connectivity index (χ1) is 18.8. The van der Waals surface area contributed by atoms with Gasteiger partial charge in [-0.05, 0) is 104 Å². The van der Waals surface area contributed by atoms with Crippen molar-refractivity contribution in [2.45, 2.75) is 38.5 Å². The van der Waals surface area contributed by atoms with Crippen molar-refractivity contribution in [1.29, 1.82) is 0 Å². The van der Waals surface area contributed by atoms with Crippen LogP contribution in [0.3, 0.4) is 0 Å². The van der Waals surface area contributed by atoms with Crippen molar-refractivity contribution in [3.63, 3.8) is 0 Å². The zero-order valence-electron chi connectivity index (χ0n) is 21.7. The lowest BCUT2D eigenvalue weighted by atomic mass is 9.49. The van der Waals surface area contributed by atoms with Gasteiger partial charge in [-0.25, -0.2) is 0 Å². The fraction of sp³-hybridized carbons (Fsp3) is 0.433. The summed E-state index contributed by atoms with van der Waals surface area (Å²) in [7, 11) is 1.52. The predicted molar refractivity (Wildman–Crippen MR) is 149 cm³/mol. The largest absolute Gasteiger partial charge is 0.493 e. The number of thioether (sulfide) groups is 1. The molecule has 0 spiro atoms. The van der Waals surface area contributed by atoms with E-state index in [1.807, 2.05) is 0 Å². The van der Waals surface area contributed by atoms with Crippen LogP contribution in [0.5, 0.6) is 17.2 Å². The summed E-state index contributed by atoms with van der Waals surface area (Å²) in [5.74, 6) is 2.69. The molecular weight excluding hydrogens is 538 g/mol. The van der Waals surface area contributed by atoms with Crippen LogP contribution >= 0.6 is 23.4 Å². The number of hydrogen-bond donors (Lipinski definition) is 0. The summed E-state index contributed by atoms with van der Waals surface area (Å²) in [6, 6.07) is 12.2. The molecule has 0 N–H and O–H groups in total. The maximum absolute atomic E-state index is 13.4. The Kier molecular flexibility index (Phi) is 7.10. The van der Waals surface area contributed by atoms with Crippen molar-refractivity contribution < 1.29 is 28.6 Å². The highest BCUT2D eigenvalue weighted by Crippen LogP contribution is 2.60. The van der Waals surface area contributed by atoms with Gasteiger partial charge in [-0.2, -0.15) is 0 Å². The molecule has 2 amide bonds. The lowest BCUT2D eigenvalue weighted by Gasteiger charge is -2.55. The number of imide groups is 1. The van der Waals surface area contributed by atoms with Crippen LogP contribution in [0.15, 0.2) is 47.4 Å². The Hall–Kier alpha value is -2.97. The van der Waals surface area contributed by atoms with Crippen LogP contribution in [0, 0.1) is 23.2 Å². The summed E-state index contributed by atoms with van der Waals surface area (Å²) in [6.07, 6.45) is 8.19. The molecule has 1 heterocycles. The Morgan fingerprint density at radius 3 is 2.38 bits per heavy atom. The van der Waals surface area contributed by atoms with Crippen LogP contribution in [0.4, 0.5) is 4.79 Å². The number of halogens is 1. The maximum atomic E-state index is 13.4. The standard InChI is InChI=1S/C30H30ClNO6S/c1-36-25-13-18(6-7-24(25)38-28(34)30-15-19-10-20(16-30)12-21(11-19)17-30)14-26-27(33)32(29(35)39-26)8-9-37-23-5-3-2-4-22(23)31/h2-7,13-14,19-21H,8-12,15-17H2,1H3/b26-14-. The van der Waals surface area contributed by atoms with Crippen molar-refractivity contribution >= 4 is 46.6 Å². The molecule has 7 rings (SSSR count). The summed E-state index contributed by atoms with van der Waals surface area (Å²) in [4.78, 5) is 40.3. The van der Waals surface area contributed by atoms with E-state index in [0.29, 0.717) is 50.5 Å². The monoisotopic (exact) mass is 567 g/mol. The van der Waals surface area contributed by atoms with Gasteiger partial charge in [-0.1, -0.05) is 29.8 Å². The lowest BCUT2D eigenvalue weighted by Crippen LogP contribution is -2.51. The van der Waals surface area contributed by atoms with E-state index >= 15 is 0 Å². The third kappa shape index (κ3) is 5.16. The molecule has 0 atom stereocenters. The molecule has 4 saturated carbocycles. The predicted octanol–water partition coefficient (Wildman–Crippen LogP) is 6.59. The Balaban J connectivity index is 1.12. The van der Waals surface area contributed by atoms with Crippen molar-refractivity contribution in [3.05, 3.63) is 58.0 Å². The van der Waals surface area contributed by atoms with Gasteiger partial charge in [-0.15, -0.1) is 0 Å². The molecule has 0 aromatic heterocycles. The molecule has 2 aromatic rings. The SMILES string of the molecule is COc1cc(/C=C2\SC(=O)N(CCOc3ccccc3Cl)C2=O)ccc1OC(=O)C12CC3CC(CC(C3)C1)C2. The number of nitrogens with zero attached hydrogens (tertiary/aromatic N) is 1. The summed E-state index contributed by atoms with van der Waals surface area (Å²) < 4.78 is 17.1. The molecule has 9 heteroatoms. The number of carbonyl (C=O) groups is 3. The van der Waals surface area contributed by atoms with Crippen molar-refractivity contribution in [3.8, 4) is 17.2 Å². The Morgan fingerprint density at radius 2 is 1.72 bits per heavy atom. The number of benzene rings is 2. The van der Waals surface area contributed by atoms with Gasteiger partial charge in [0.05, 0.1) is 29.0 Å². The second kappa shape index (κ2) is 10.5. The van der Waals surface area contributed by atoms with E-state index < -0.39 is 0 Å². The van der Waals surface area contributed by atoms with Gasteiger partial charge in [0, 0.05) is 0 Å². The average molecular weight is 568 g/mol. The number of carbonyl (C=O) groups excluding carboxylic acids is 3. The smallest absolute Gasteiger partial charge is 0.317 e. The quantitative estimate of drug-likeness (QED) is 0.202. The number of rotatable bonds is 8. The van der Waals surface area contributed by atoms with Crippen LogP contribution in [0.2, 0.25) is 5.02 Å². The lowest BCUT2D eigenvalue weighted by molar-refractivity contribution is -0.161. The molecule has 39 heavy (non-hydrogen) atoms. The number of hydrogen-bond acceptors (Lipinski definition) is 7. The molecule has 2 aromatic carbocycles. The Bertz CT molecular complexity index is 1320. The fourth-order valence-electron chi connectivity index (χ4n) is 7.08. The first-order valence-corrected chi connectivity index (χ1v) is 14.6. The zero-order chi connectivity index (χ0) is 27.1. The summed E-state index contributed by atoms with van der Waals surface area (Å²) in [5, 5.41) is 0.106. The molecule has 7 nitrogen and oxygen atoms in total. The van der Waals surface area contributed by atoms with Crippen LogP contribution in [-0.4, -0.2) is 42.3 Å². The van der Waals surface area contributed by atoms with Crippen LogP contribution in [0.1, 0.15) is 44.1 Å². The second-order valence-electron chi connectivity index (χ2n) is 11.1. The number of amides is 2. The normalized spacial score (nSPS) is 28.3. The van der Waals surface area contributed by atoms with Gasteiger partial charge in [0.1, 0.15) is 12.4 Å². The first-order valence-electron chi connectivity index (χ1n) is 13.4. The number of para-hydroxylation sites is 1. The summed E-state index contributed by atoms with van der Waals surface area (Å²) in [5.41, 5.74) is 0.298. The van der Waals surface area contributed by atoms with E-state index in [1.54, 1.807) is 48.5 Å². The fourth-order valence-corrected chi connectivity index (χ4v) is 8.14. The average Bonchev–Trinajstić information content (AvgIpc) is 3.17. The molecular formula is C30H30ClNO6S. The molecule has 1 aliphatic heterocycles. The van der Waals surface area contributed by atoms with Gasteiger partial charge in [0.15, 0.2) is 11.5 Å². The van der Waals surface area contributed by atoms with Crippen LogP contribution in [-0.2, 0) is 9.59 Å². The minimum Gasteiger partial charge on any atom is -0.493 e. The molecule has 0 radical (unpaired) electrons. The van der Waals surface area contributed by atoms with E-state index in [9.17, 15) is 14.4 Å². The third-order valence-corrected chi connectivity index (χ3v) is 9.66. The van der Waals surface area contributed by atoms with E-state index in [1.165, 1.54) is 26.4 Å². The van der Waals surface area contributed by atoms with Gasteiger partial charge in [0.2, 0.25) is 0 Å². The highest BCUT2D eigenvalue weighted by molar-refractivity contribution is 8.18. The van der Waals surface area contributed by atoms with Gasteiger partial charge >= 0.3 is 5.97 Å². The maximum Gasteiger partial charge on any atom is 0.317 e. The highest BCUT2D eigenvalue weighted by Gasteiger charge is 2.55. The van der Waals surface area contributed by atoms with Gasteiger partial charge < -0.3 is 14.2 Å². The molecule has 0 unspecified atom stereocenters. The first kappa shape index (κ1) is 26.3. The topological polar surface area (TPSA) is 82.1 Å². The van der Waals surface area contributed by atoms with Gasteiger partial charge in [0.25, 0.3) is 11.1 Å². The molecule has 204 valence electrons. The molecule has 1 saturated heterocycles. The van der Waals surface area contributed by atoms with E-state index in [4.69, 9.17) is 25.8 Å². The number of esters is 1. The second-order valence-corrected chi connectivity index (χ2v) is 12.5. The van der Waals surface area contributed by atoms with E-state index in [-0.39, 0.29) is 35.7 Å². The Labute approximate surface area is 236 Å². The van der Waals surface area contributed by atoms with Crippen molar-refractivity contribution in [1.82, 2.24) is 4.90 Å². The third-order valence-electron chi connectivity index (χ3n) is 8.44. The Morgan fingerprint density at radius 1 is 1.03 bits per heavy atom. The van der Waals surface area contributed by atoms with E-state index in [2.05, 4.69) is 0 Å². The van der Waals surface area contributed by atoms with Gasteiger partial charge in [-0.3, -0.25) is 19.3 Å².